The average Bonchev–Trinajstić information content (AvgIpc) is 2.22. The molecule has 0 saturated carbocycles. The molecule has 0 atom stereocenters. The Labute approximate surface area is 98.6 Å². The standard InChI is InChI=1S/C14H22N2/c1-5-6-16-9-12-7-11(4)8-13(10(2)3)14(12)15/h7-10H,5-6,15H2,1-4H3. The Kier molecular flexibility index (Phi) is 4.53. The Morgan fingerprint density at radius 1 is 1.38 bits per heavy atom. The van der Waals surface area contributed by atoms with E-state index in [4.69, 9.17) is 5.73 Å². The lowest BCUT2D eigenvalue weighted by atomic mass is 9.96. The van der Waals surface area contributed by atoms with Crippen LogP contribution in [0.4, 0.5) is 5.69 Å². The van der Waals surface area contributed by atoms with Gasteiger partial charge in [0.05, 0.1) is 0 Å². The zero-order valence-electron chi connectivity index (χ0n) is 10.7. The van der Waals surface area contributed by atoms with Gasteiger partial charge in [-0.1, -0.05) is 32.4 Å². The van der Waals surface area contributed by atoms with Crippen molar-refractivity contribution in [2.75, 3.05) is 12.3 Å². The van der Waals surface area contributed by atoms with E-state index in [-0.39, 0.29) is 0 Å². The minimum Gasteiger partial charge on any atom is -0.398 e. The largest absolute Gasteiger partial charge is 0.398 e. The van der Waals surface area contributed by atoms with Crippen molar-refractivity contribution in [1.82, 2.24) is 0 Å². The molecule has 0 bridgehead atoms. The molecule has 0 aromatic heterocycles. The van der Waals surface area contributed by atoms with Crippen molar-refractivity contribution in [2.45, 2.75) is 40.0 Å². The van der Waals surface area contributed by atoms with Crippen LogP contribution in [0.5, 0.6) is 0 Å². The van der Waals surface area contributed by atoms with E-state index in [2.05, 4.69) is 44.8 Å². The highest BCUT2D eigenvalue weighted by Gasteiger charge is 2.08. The van der Waals surface area contributed by atoms with Crippen LogP contribution in [0, 0.1) is 6.92 Å². The van der Waals surface area contributed by atoms with Crippen molar-refractivity contribution in [3.05, 3.63) is 28.8 Å². The topological polar surface area (TPSA) is 38.4 Å². The number of hydrogen-bond acceptors (Lipinski definition) is 2. The van der Waals surface area contributed by atoms with Crippen molar-refractivity contribution in [1.29, 1.82) is 0 Å². The second kappa shape index (κ2) is 5.69. The first kappa shape index (κ1) is 12.8. The molecule has 0 fully saturated rings. The summed E-state index contributed by atoms with van der Waals surface area (Å²) < 4.78 is 0. The molecule has 0 aliphatic rings. The number of anilines is 1. The molecule has 0 heterocycles. The van der Waals surface area contributed by atoms with E-state index in [0.29, 0.717) is 5.92 Å². The maximum absolute atomic E-state index is 6.14. The summed E-state index contributed by atoms with van der Waals surface area (Å²) in [5, 5.41) is 0. The van der Waals surface area contributed by atoms with Crippen molar-refractivity contribution in [2.24, 2.45) is 4.99 Å². The number of benzene rings is 1. The van der Waals surface area contributed by atoms with Crippen molar-refractivity contribution in [3.63, 3.8) is 0 Å². The van der Waals surface area contributed by atoms with Crippen LogP contribution in [-0.2, 0) is 0 Å². The van der Waals surface area contributed by atoms with Crippen LogP contribution in [-0.4, -0.2) is 12.8 Å². The van der Waals surface area contributed by atoms with Gasteiger partial charge in [-0.2, -0.15) is 0 Å². The minimum absolute atomic E-state index is 0.457. The summed E-state index contributed by atoms with van der Waals surface area (Å²) in [5.41, 5.74) is 10.5. The lowest BCUT2D eigenvalue weighted by molar-refractivity contribution is 0.868. The van der Waals surface area contributed by atoms with E-state index < -0.39 is 0 Å². The predicted molar refractivity (Wildman–Crippen MR) is 72.4 cm³/mol. The van der Waals surface area contributed by atoms with Gasteiger partial charge >= 0.3 is 0 Å². The highest BCUT2D eigenvalue weighted by Crippen LogP contribution is 2.25. The first-order valence-electron chi connectivity index (χ1n) is 5.96. The average molecular weight is 218 g/mol. The summed E-state index contributed by atoms with van der Waals surface area (Å²) in [6.45, 7) is 9.42. The molecule has 2 heteroatoms. The second-order valence-corrected chi connectivity index (χ2v) is 4.55. The summed E-state index contributed by atoms with van der Waals surface area (Å²) in [7, 11) is 0. The van der Waals surface area contributed by atoms with E-state index in [9.17, 15) is 0 Å². The number of nitrogen functional groups attached to an aromatic ring is 1. The molecule has 0 radical (unpaired) electrons. The molecule has 0 spiro atoms. The summed E-state index contributed by atoms with van der Waals surface area (Å²) in [6.07, 6.45) is 2.97. The van der Waals surface area contributed by atoms with Gasteiger partial charge in [-0.3, -0.25) is 4.99 Å². The van der Waals surface area contributed by atoms with Crippen LogP contribution in [0.25, 0.3) is 0 Å². The van der Waals surface area contributed by atoms with Crippen molar-refractivity contribution in [3.8, 4) is 0 Å². The van der Waals surface area contributed by atoms with E-state index in [0.717, 1.165) is 24.2 Å². The number of rotatable bonds is 4. The molecule has 1 aromatic carbocycles. The molecular weight excluding hydrogens is 196 g/mol. The maximum Gasteiger partial charge on any atom is 0.0438 e. The highest BCUT2D eigenvalue weighted by atomic mass is 14.7. The number of aliphatic imine (C=N–C) groups is 1. The van der Waals surface area contributed by atoms with Gasteiger partial charge in [-0.15, -0.1) is 0 Å². The van der Waals surface area contributed by atoms with Gasteiger partial charge in [0.1, 0.15) is 0 Å². The fraction of sp³-hybridized carbons (Fsp3) is 0.500. The predicted octanol–water partition coefficient (Wildman–Crippen LogP) is 3.53. The fourth-order valence-corrected chi connectivity index (χ4v) is 1.73. The van der Waals surface area contributed by atoms with E-state index in [1.54, 1.807) is 0 Å². The smallest absolute Gasteiger partial charge is 0.0438 e. The zero-order chi connectivity index (χ0) is 12.1. The number of hydrogen-bond donors (Lipinski definition) is 1. The third kappa shape index (κ3) is 3.09. The minimum atomic E-state index is 0.457. The van der Waals surface area contributed by atoms with E-state index in [1.165, 1.54) is 11.1 Å². The Hall–Kier alpha value is -1.31. The van der Waals surface area contributed by atoms with Gasteiger partial charge in [0.15, 0.2) is 0 Å². The third-order valence-corrected chi connectivity index (χ3v) is 2.59. The SMILES string of the molecule is CCCN=Cc1cc(C)cc(C(C)C)c1N. The molecule has 0 aliphatic carbocycles. The lowest BCUT2D eigenvalue weighted by Crippen LogP contribution is -2.02. The number of nitrogens with zero attached hydrogens (tertiary/aromatic N) is 1. The van der Waals surface area contributed by atoms with Crippen LogP contribution in [0.15, 0.2) is 17.1 Å². The van der Waals surface area contributed by atoms with E-state index >= 15 is 0 Å². The molecule has 0 aliphatic heterocycles. The fourth-order valence-electron chi connectivity index (χ4n) is 1.73. The molecule has 2 N–H and O–H groups in total. The third-order valence-electron chi connectivity index (χ3n) is 2.59. The summed E-state index contributed by atoms with van der Waals surface area (Å²) in [6, 6.07) is 4.26. The van der Waals surface area contributed by atoms with Gasteiger partial charge in [0.25, 0.3) is 0 Å². The zero-order valence-corrected chi connectivity index (χ0v) is 10.7. The Bertz CT molecular complexity index is 379. The number of aryl methyl sites for hydroxylation is 1. The quantitative estimate of drug-likeness (QED) is 0.609. The first-order valence-corrected chi connectivity index (χ1v) is 5.96. The molecule has 0 saturated heterocycles. The highest BCUT2D eigenvalue weighted by molar-refractivity contribution is 5.88. The molecule has 1 aromatic rings. The first-order chi connectivity index (χ1) is 7.56. The molecule has 88 valence electrons. The molecular formula is C14H22N2. The van der Waals surface area contributed by atoms with Crippen LogP contribution < -0.4 is 5.73 Å². The monoisotopic (exact) mass is 218 g/mol. The van der Waals surface area contributed by atoms with Gasteiger partial charge in [-0.05, 0) is 30.9 Å². The molecule has 1 rings (SSSR count). The normalized spacial score (nSPS) is 11.6. The summed E-state index contributed by atoms with van der Waals surface area (Å²) >= 11 is 0. The van der Waals surface area contributed by atoms with Crippen LogP contribution in [0.1, 0.15) is 49.8 Å². The van der Waals surface area contributed by atoms with Crippen LogP contribution >= 0.6 is 0 Å². The Morgan fingerprint density at radius 3 is 2.62 bits per heavy atom. The Morgan fingerprint density at radius 2 is 2.06 bits per heavy atom. The summed E-state index contributed by atoms with van der Waals surface area (Å²) in [4.78, 5) is 4.36. The molecule has 0 amide bonds. The Balaban J connectivity index is 3.09. The van der Waals surface area contributed by atoms with Crippen molar-refractivity contribution >= 4 is 11.9 Å². The maximum atomic E-state index is 6.14. The van der Waals surface area contributed by atoms with Gasteiger partial charge in [0.2, 0.25) is 0 Å². The molecule has 16 heavy (non-hydrogen) atoms. The summed E-state index contributed by atoms with van der Waals surface area (Å²) in [5.74, 6) is 0.457. The van der Waals surface area contributed by atoms with Crippen LogP contribution in [0.3, 0.4) is 0 Å². The van der Waals surface area contributed by atoms with Gasteiger partial charge in [-0.25, -0.2) is 0 Å². The van der Waals surface area contributed by atoms with Gasteiger partial charge < -0.3 is 5.73 Å². The molecule has 2 nitrogen and oxygen atoms in total. The van der Waals surface area contributed by atoms with Crippen molar-refractivity contribution < 1.29 is 0 Å². The molecule has 0 unspecified atom stereocenters. The van der Waals surface area contributed by atoms with E-state index in [1.807, 2.05) is 6.21 Å². The van der Waals surface area contributed by atoms with Crippen LogP contribution in [0.2, 0.25) is 0 Å². The van der Waals surface area contributed by atoms with Gasteiger partial charge in [0, 0.05) is 24.0 Å². The second-order valence-electron chi connectivity index (χ2n) is 4.55. The lowest BCUT2D eigenvalue weighted by Gasteiger charge is -2.13. The number of nitrogens with two attached hydrogens (primary N) is 1.